The number of hydrogen-bond donors (Lipinski definition) is 0. The lowest BCUT2D eigenvalue weighted by atomic mass is 9.66. The zero-order valence-corrected chi connectivity index (χ0v) is 22.9. The van der Waals surface area contributed by atoms with Crippen molar-refractivity contribution >= 4 is 45.3 Å². The zero-order valence-electron chi connectivity index (χ0n) is 22.1. The van der Waals surface area contributed by atoms with E-state index in [1.807, 2.05) is 80.8 Å². The van der Waals surface area contributed by atoms with E-state index in [4.69, 9.17) is 11.6 Å². The normalized spacial score (nSPS) is 19.4. The Morgan fingerprint density at radius 3 is 2.44 bits per heavy atom. The molecule has 1 aliphatic heterocycles. The Morgan fingerprint density at radius 2 is 1.69 bits per heavy atom. The second-order valence-corrected chi connectivity index (χ2v) is 11.4. The van der Waals surface area contributed by atoms with Gasteiger partial charge < -0.3 is 9.67 Å². The molecule has 1 fully saturated rings. The van der Waals surface area contributed by atoms with Crippen molar-refractivity contribution in [3.63, 3.8) is 0 Å². The van der Waals surface area contributed by atoms with Crippen molar-refractivity contribution in [2.24, 2.45) is 7.05 Å². The smallest absolute Gasteiger partial charge is 0.209 e. The van der Waals surface area contributed by atoms with Crippen LogP contribution in [-0.4, -0.2) is 27.7 Å². The first-order chi connectivity index (χ1) is 18.9. The van der Waals surface area contributed by atoms with Gasteiger partial charge in [0, 0.05) is 57.4 Å². The van der Waals surface area contributed by atoms with Crippen LogP contribution in [0.4, 0.5) is 5.69 Å². The zero-order chi connectivity index (χ0) is 26.9. The molecule has 3 aromatic carbocycles. The van der Waals surface area contributed by atoms with Crippen molar-refractivity contribution < 1.29 is 14.5 Å². The van der Waals surface area contributed by atoms with Crippen LogP contribution < -0.4 is 5.11 Å². The van der Waals surface area contributed by atoms with Crippen molar-refractivity contribution in [3.05, 3.63) is 106 Å². The van der Waals surface area contributed by atoms with Crippen LogP contribution in [0, 0.1) is 0 Å². The SMILES string of the molecule is Cn1c(-c2ccccc2)c(C2=C([O-])/C(=C\C3=[N+](C)c4ccc(Cl)cc4C34CCCCC4)C2=O)c2ccccc21. The molecule has 1 spiro atoms. The summed E-state index contributed by atoms with van der Waals surface area (Å²) in [6, 6.07) is 24.0. The van der Waals surface area contributed by atoms with E-state index in [9.17, 15) is 9.90 Å². The quantitative estimate of drug-likeness (QED) is 0.217. The monoisotopic (exact) mass is 532 g/mol. The third-order valence-corrected chi connectivity index (χ3v) is 9.26. The maximum atomic E-state index is 13.9. The Morgan fingerprint density at radius 1 is 0.974 bits per heavy atom. The summed E-state index contributed by atoms with van der Waals surface area (Å²) in [6.07, 6.45) is 7.30. The summed E-state index contributed by atoms with van der Waals surface area (Å²) in [5.41, 5.74) is 7.32. The summed E-state index contributed by atoms with van der Waals surface area (Å²) >= 11 is 6.46. The number of Topliss-reactive ketones (excluding diaryl/α,β-unsaturated/α-hetero) is 1. The molecule has 1 saturated carbocycles. The molecule has 3 aliphatic rings. The highest BCUT2D eigenvalue weighted by atomic mass is 35.5. The van der Waals surface area contributed by atoms with Gasteiger partial charge >= 0.3 is 0 Å². The fraction of sp³-hybridized carbons (Fsp3) is 0.235. The van der Waals surface area contributed by atoms with Gasteiger partial charge in [-0.3, -0.25) is 4.79 Å². The van der Waals surface area contributed by atoms with Gasteiger partial charge in [0.15, 0.2) is 11.5 Å². The summed E-state index contributed by atoms with van der Waals surface area (Å²) in [6.45, 7) is 0. The second-order valence-electron chi connectivity index (χ2n) is 11.0. The predicted molar refractivity (Wildman–Crippen MR) is 155 cm³/mol. The Hall–Kier alpha value is -3.89. The average Bonchev–Trinajstić information content (AvgIpc) is 3.36. The highest BCUT2D eigenvalue weighted by Gasteiger charge is 2.51. The second kappa shape index (κ2) is 8.82. The first-order valence-corrected chi connectivity index (χ1v) is 14.0. The number of fused-ring (bicyclic) bond motifs is 3. The molecular weight excluding hydrogens is 504 g/mol. The molecule has 194 valence electrons. The molecule has 5 heteroatoms. The van der Waals surface area contributed by atoms with E-state index in [1.54, 1.807) is 0 Å². The number of aryl methyl sites for hydroxylation is 1. The number of halogens is 1. The highest BCUT2D eigenvalue weighted by molar-refractivity contribution is 6.42. The largest absolute Gasteiger partial charge is 0.871 e. The number of para-hydroxylation sites is 1. The van der Waals surface area contributed by atoms with E-state index in [1.165, 1.54) is 12.0 Å². The van der Waals surface area contributed by atoms with Crippen LogP contribution in [0.5, 0.6) is 0 Å². The minimum atomic E-state index is -0.217. The molecule has 1 aromatic heterocycles. The molecule has 0 atom stereocenters. The first-order valence-electron chi connectivity index (χ1n) is 13.6. The molecule has 4 aromatic rings. The number of carbonyl (C=O) groups excluding carboxylic acids is 1. The minimum absolute atomic E-state index is 0.172. The molecular formula is C34H29ClN2O2. The van der Waals surface area contributed by atoms with Gasteiger partial charge in [0.05, 0.1) is 11.1 Å². The summed E-state index contributed by atoms with van der Waals surface area (Å²) in [5.74, 6) is -0.344. The van der Waals surface area contributed by atoms with Gasteiger partial charge in [-0.15, -0.1) is 0 Å². The van der Waals surface area contributed by atoms with Crippen LogP contribution in [-0.2, 0) is 17.3 Å². The fourth-order valence-corrected chi connectivity index (χ4v) is 7.35. The number of benzene rings is 3. The van der Waals surface area contributed by atoms with E-state index >= 15 is 0 Å². The summed E-state index contributed by atoms with van der Waals surface area (Å²) in [5, 5.41) is 15.6. The summed E-state index contributed by atoms with van der Waals surface area (Å²) in [4.78, 5) is 13.9. The molecule has 4 nitrogen and oxygen atoms in total. The Balaban J connectivity index is 1.41. The number of aromatic nitrogens is 1. The predicted octanol–water partition coefficient (Wildman–Crippen LogP) is 6.71. The van der Waals surface area contributed by atoms with Crippen LogP contribution in [0.2, 0.25) is 5.02 Å². The van der Waals surface area contributed by atoms with Crippen LogP contribution in [0.15, 0.2) is 90.2 Å². The van der Waals surface area contributed by atoms with Crippen molar-refractivity contribution in [1.82, 2.24) is 4.57 Å². The molecule has 0 amide bonds. The van der Waals surface area contributed by atoms with Crippen molar-refractivity contribution in [3.8, 4) is 11.3 Å². The van der Waals surface area contributed by atoms with E-state index < -0.39 is 0 Å². The highest BCUT2D eigenvalue weighted by Crippen LogP contribution is 2.51. The van der Waals surface area contributed by atoms with Crippen LogP contribution in [0.3, 0.4) is 0 Å². The maximum absolute atomic E-state index is 13.9. The molecule has 7 rings (SSSR count). The minimum Gasteiger partial charge on any atom is -0.871 e. The number of nitrogens with zero attached hydrogens (tertiary/aromatic N) is 2. The molecule has 0 unspecified atom stereocenters. The number of hydrogen-bond acceptors (Lipinski definition) is 2. The molecule has 0 saturated heterocycles. The van der Waals surface area contributed by atoms with E-state index in [0.29, 0.717) is 0 Å². The third kappa shape index (κ3) is 3.37. The van der Waals surface area contributed by atoms with E-state index in [0.717, 1.165) is 69.8 Å². The Kier molecular flexibility index (Phi) is 5.47. The van der Waals surface area contributed by atoms with Gasteiger partial charge in [0.25, 0.3) is 0 Å². The lowest BCUT2D eigenvalue weighted by Crippen LogP contribution is -2.38. The fourth-order valence-electron chi connectivity index (χ4n) is 7.18. The molecule has 0 N–H and O–H groups in total. The molecule has 0 radical (unpaired) electrons. The van der Waals surface area contributed by atoms with Gasteiger partial charge in [-0.05, 0) is 36.6 Å². The third-order valence-electron chi connectivity index (χ3n) is 9.02. The standard InChI is InChI=1S/C34H29ClN2O2/c1-36-27-16-15-22(35)19-25(27)34(17-9-4-10-18-34)28(36)20-24-32(38)30(33(24)39)29-23-13-7-8-14-26(23)37(2)31(29)21-11-5-3-6-12-21/h3,5-8,11-16,19-20H,4,9-10,17-18H2,1-2H3. The summed E-state index contributed by atoms with van der Waals surface area (Å²) < 4.78 is 4.25. The Bertz CT molecular complexity index is 1780. The molecule has 39 heavy (non-hydrogen) atoms. The molecule has 2 heterocycles. The van der Waals surface area contributed by atoms with E-state index in [2.05, 4.69) is 21.3 Å². The number of ketones is 1. The van der Waals surface area contributed by atoms with Gasteiger partial charge in [0.1, 0.15) is 7.05 Å². The van der Waals surface area contributed by atoms with Gasteiger partial charge in [-0.2, -0.15) is 4.58 Å². The maximum Gasteiger partial charge on any atom is 0.209 e. The lowest BCUT2D eigenvalue weighted by Gasteiger charge is -2.34. The molecule has 2 aliphatic carbocycles. The van der Waals surface area contributed by atoms with Crippen LogP contribution in [0.1, 0.15) is 43.2 Å². The van der Waals surface area contributed by atoms with E-state index in [-0.39, 0.29) is 28.1 Å². The van der Waals surface area contributed by atoms with Crippen LogP contribution >= 0.6 is 11.6 Å². The topological polar surface area (TPSA) is 48.1 Å². The lowest BCUT2D eigenvalue weighted by molar-refractivity contribution is -0.401. The number of rotatable bonds is 3. The van der Waals surface area contributed by atoms with Crippen molar-refractivity contribution in [2.45, 2.75) is 37.5 Å². The van der Waals surface area contributed by atoms with Gasteiger partial charge in [-0.1, -0.05) is 85.2 Å². The van der Waals surface area contributed by atoms with Crippen LogP contribution in [0.25, 0.3) is 27.7 Å². The van der Waals surface area contributed by atoms with Gasteiger partial charge in [0.2, 0.25) is 5.69 Å². The molecule has 0 bridgehead atoms. The number of allylic oxidation sites excluding steroid dienone is 3. The van der Waals surface area contributed by atoms with Crippen molar-refractivity contribution in [1.29, 1.82) is 0 Å². The average molecular weight is 533 g/mol. The number of carbonyl (C=O) groups is 1. The summed E-state index contributed by atoms with van der Waals surface area (Å²) in [7, 11) is 4.04. The Labute approximate surface area is 233 Å². The van der Waals surface area contributed by atoms with Gasteiger partial charge in [-0.25, -0.2) is 0 Å². The first kappa shape index (κ1) is 24.2. The van der Waals surface area contributed by atoms with Crippen molar-refractivity contribution in [2.75, 3.05) is 7.05 Å².